The lowest BCUT2D eigenvalue weighted by atomic mass is 10.2. The first-order valence-electron chi connectivity index (χ1n) is 5.13. The molecule has 0 spiro atoms. The van der Waals surface area contributed by atoms with Crippen LogP contribution in [0.2, 0.25) is 0 Å². The Balaban J connectivity index is 1.86. The maximum absolute atomic E-state index is 11.3. The van der Waals surface area contributed by atoms with E-state index in [0.717, 1.165) is 6.54 Å². The van der Waals surface area contributed by atoms with Crippen LogP contribution >= 0.6 is 11.8 Å². The highest BCUT2D eigenvalue weighted by molar-refractivity contribution is 8.00. The van der Waals surface area contributed by atoms with Crippen LogP contribution in [0.4, 0.5) is 0 Å². The van der Waals surface area contributed by atoms with Crippen LogP contribution in [0.5, 0.6) is 0 Å². The van der Waals surface area contributed by atoms with Crippen LogP contribution in [-0.2, 0) is 9.84 Å². The van der Waals surface area contributed by atoms with Gasteiger partial charge >= 0.3 is 0 Å². The third-order valence-corrected chi connectivity index (χ3v) is 6.38. The number of aliphatic hydroxyl groups excluding tert-OH is 1. The van der Waals surface area contributed by atoms with Gasteiger partial charge in [0.1, 0.15) is 0 Å². The number of aliphatic hydroxyl groups is 1. The van der Waals surface area contributed by atoms with Gasteiger partial charge in [0, 0.05) is 17.3 Å². The van der Waals surface area contributed by atoms with Crippen LogP contribution in [0, 0.1) is 0 Å². The molecule has 15 heavy (non-hydrogen) atoms. The van der Waals surface area contributed by atoms with Gasteiger partial charge in [-0.05, 0) is 19.1 Å². The molecule has 88 valence electrons. The highest BCUT2D eigenvalue weighted by Crippen LogP contribution is 2.46. The molecule has 2 fully saturated rings. The Kier molecular flexibility index (Phi) is 3.05. The van der Waals surface area contributed by atoms with Gasteiger partial charge in [-0.15, -0.1) is 0 Å². The Hall–Kier alpha value is 0.220. The largest absolute Gasteiger partial charge is 0.390 e. The third-order valence-electron chi connectivity index (χ3n) is 3.25. The van der Waals surface area contributed by atoms with Crippen molar-refractivity contribution in [2.75, 3.05) is 24.3 Å². The molecular weight excluding hydrogens is 234 g/mol. The molecule has 2 aliphatic rings. The van der Waals surface area contributed by atoms with Gasteiger partial charge in [0.2, 0.25) is 0 Å². The average Bonchev–Trinajstić information content (AvgIpc) is 2.87. The van der Waals surface area contributed by atoms with Crippen molar-refractivity contribution >= 4 is 21.6 Å². The van der Waals surface area contributed by atoms with Crippen molar-refractivity contribution in [2.45, 2.75) is 29.7 Å². The van der Waals surface area contributed by atoms with Crippen LogP contribution in [-0.4, -0.2) is 54.7 Å². The fourth-order valence-corrected chi connectivity index (χ4v) is 4.45. The molecule has 1 saturated carbocycles. The van der Waals surface area contributed by atoms with E-state index in [-0.39, 0.29) is 17.5 Å². The molecule has 2 unspecified atom stereocenters. The molecule has 0 radical (unpaired) electrons. The Labute approximate surface area is 94.7 Å². The highest BCUT2D eigenvalue weighted by Gasteiger charge is 2.44. The molecule has 2 atom stereocenters. The van der Waals surface area contributed by atoms with Gasteiger partial charge in [0.25, 0.3) is 0 Å². The number of hydrogen-bond donors (Lipinski definition) is 2. The topological polar surface area (TPSA) is 66.4 Å². The van der Waals surface area contributed by atoms with Crippen LogP contribution in [0.1, 0.15) is 12.8 Å². The molecule has 0 amide bonds. The fraction of sp³-hybridized carbons (Fsp3) is 1.00. The molecule has 0 aromatic carbocycles. The Bertz CT molecular complexity index is 337. The van der Waals surface area contributed by atoms with Crippen molar-refractivity contribution < 1.29 is 13.5 Å². The number of thioether (sulfide) groups is 1. The van der Waals surface area contributed by atoms with Crippen LogP contribution in [0.25, 0.3) is 0 Å². The number of sulfone groups is 1. The van der Waals surface area contributed by atoms with Gasteiger partial charge in [-0.2, -0.15) is 11.8 Å². The molecule has 4 nitrogen and oxygen atoms in total. The molecular formula is C9H17NO3S2. The van der Waals surface area contributed by atoms with E-state index >= 15 is 0 Å². The fourth-order valence-electron chi connectivity index (χ4n) is 1.93. The Morgan fingerprint density at radius 3 is 2.53 bits per heavy atom. The zero-order chi connectivity index (χ0) is 11.1. The van der Waals surface area contributed by atoms with Crippen molar-refractivity contribution in [1.29, 1.82) is 0 Å². The Morgan fingerprint density at radius 2 is 2.13 bits per heavy atom. The second-order valence-electron chi connectivity index (χ2n) is 4.52. The van der Waals surface area contributed by atoms with Gasteiger partial charge in [-0.1, -0.05) is 0 Å². The zero-order valence-electron chi connectivity index (χ0n) is 8.77. The van der Waals surface area contributed by atoms with Gasteiger partial charge in [0.05, 0.1) is 17.6 Å². The van der Waals surface area contributed by atoms with E-state index in [4.69, 9.17) is 0 Å². The monoisotopic (exact) mass is 251 g/mol. The van der Waals surface area contributed by atoms with Gasteiger partial charge in [0.15, 0.2) is 9.84 Å². The van der Waals surface area contributed by atoms with Crippen LogP contribution in [0.3, 0.4) is 0 Å². The van der Waals surface area contributed by atoms with Crippen molar-refractivity contribution in [2.24, 2.45) is 0 Å². The van der Waals surface area contributed by atoms with E-state index in [1.54, 1.807) is 0 Å². The summed E-state index contributed by atoms with van der Waals surface area (Å²) in [7, 11) is -3.02. The minimum atomic E-state index is -3.02. The molecule has 6 heteroatoms. The van der Waals surface area contributed by atoms with E-state index in [2.05, 4.69) is 11.6 Å². The minimum absolute atomic E-state index is 0.0820. The number of nitrogens with one attached hydrogen (secondary N) is 1. The van der Waals surface area contributed by atoms with Gasteiger partial charge in [-0.3, -0.25) is 0 Å². The maximum atomic E-state index is 11.3. The Morgan fingerprint density at radius 1 is 1.47 bits per heavy atom. The predicted molar refractivity (Wildman–Crippen MR) is 61.9 cm³/mol. The maximum Gasteiger partial charge on any atom is 0.154 e. The van der Waals surface area contributed by atoms with Crippen LogP contribution < -0.4 is 5.32 Å². The lowest BCUT2D eigenvalue weighted by Gasteiger charge is -2.19. The van der Waals surface area contributed by atoms with Crippen molar-refractivity contribution in [3.63, 3.8) is 0 Å². The predicted octanol–water partition coefficient (Wildman–Crippen LogP) is -0.370. The van der Waals surface area contributed by atoms with Gasteiger partial charge in [-0.25, -0.2) is 8.42 Å². The summed E-state index contributed by atoms with van der Waals surface area (Å²) in [4.78, 5) is 0. The summed E-state index contributed by atoms with van der Waals surface area (Å²) < 4.78 is 22.8. The molecule has 1 heterocycles. The summed E-state index contributed by atoms with van der Waals surface area (Å²) in [6.07, 6.45) is 3.73. The lowest BCUT2D eigenvalue weighted by molar-refractivity contribution is 0.166. The molecule has 2 N–H and O–H groups in total. The molecule has 1 aliphatic carbocycles. The van der Waals surface area contributed by atoms with E-state index < -0.39 is 15.9 Å². The highest BCUT2D eigenvalue weighted by atomic mass is 32.2. The summed E-state index contributed by atoms with van der Waals surface area (Å²) in [5, 5.41) is 12.8. The molecule has 0 aromatic heterocycles. The minimum Gasteiger partial charge on any atom is -0.390 e. The normalized spacial score (nSPS) is 36.7. The number of rotatable bonds is 4. The smallest absolute Gasteiger partial charge is 0.154 e. The summed E-state index contributed by atoms with van der Waals surface area (Å²) in [5.41, 5.74) is 0. The number of hydrogen-bond acceptors (Lipinski definition) is 5. The SMILES string of the molecule is CSC1(CNC2CS(=O)(=O)CC2O)CC1. The van der Waals surface area contributed by atoms with Gasteiger partial charge < -0.3 is 10.4 Å². The summed E-state index contributed by atoms with van der Waals surface area (Å²) in [6.45, 7) is 0.811. The molecule has 0 aromatic rings. The molecule has 2 rings (SSSR count). The van der Waals surface area contributed by atoms with Crippen molar-refractivity contribution in [3.8, 4) is 0 Å². The lowest BCUT2D eigenvalue weighted by Crippen LogP contribution is -2.42. The first-order valence-corrected chi connectivity index (χ1v) is 8.18. The summed E-state index contributed by atoms with van der Waals surface area (Å²) in [6, 6.07) is -0.264. The summed E-state index contributed by atoms with van der Waals surface area (Å²) in [5.74, 6) is -0.00440. The van der Waals surface area contributed by atoms with E-state index in [1.165, 1.54) is 12.8 Å². The molecule has 1 saturated heterocycles. The average molecular weight is 251 g/mol. The van der Waals surface area contributed by atoms with E-state index in [0.29, 0.717) is 4.75 Å². The first kappa shape index (κ1) is 11.7. The second kappa shape index (κ2) is 3.91. The molecule has 1 aliphatic heterocycles. The summed E-state index contributed by atoms with van der Waals surface area (Å²) >= 11 is 1.83. The molecule has 0 bridgehead atoms. The van der Waals surface area contributed by atoms with Crippen LogP contribution in [0.15, 0.2) is 0 Å². The quantitative estimate of drug-likeness (QED) is 0.713. The van der Waals surface area contributed by atoms with Crippen molar-refractivity contribution in [3.05, 3.63) is 0 Å². The van der Waals surface area contributed by atoms with E-state index in [9.17, 15) is 13.5 Å². The standard InChI is InChI=1S/C9H17NO3S2/c1-14-9(2-3-9)6-10-7-4-15(12,13)5-8(7)11/h7-8,10-11H,2-6H2,1H3. The second-order valence-corrected chi connectivity index (χ2v) is 7.95. The first-order chi connectivity index (χ1) is 6.96. The zero-order valence-corrected chi connectivity index (χ0v) is 10.4. The van der Waals surface area contributed by atoms with Crippen molar-refractivity contribution in [1.82, 2.24) is 5.32 Å². The van der Waals surface area contributed by atoms with E-state index in [1.807, 2.05) is 11.8 Å². The third kappa shape index (κ3) is 2.67.